The van der Waals surface area contributed by atoms with Crippen molar-refractivity contribution >= 4 is 0 Å². The van der Waals surface area contributed by atoms with Gasteiger partial charge in [0.15, 0.2) is 0 Å². The molecule has 1 aromatic carbocycles. The smallest absolute Gasteiger partial charge is 1.00 e. The van der Waals surface area contributed by atoms with Gasteiger partial charge in [0.1, 0.15) is 5.75 Å². The SMILES string of the molecule is OCc1ccccc1O.[H-].[Na+]. The molecule has 1 aromatic rings. The molecule has 0 saturated carbocycles. The predicted molar refractivity (Wildman–Crippen MR) is 35.1 cm³/mol. The molecular formula is C7H9NaO2. The molecule has 0 radical (unpaired) electrons. The van der Waals surface area contributed by atoms with Crippen molar-refractivity contribution in [2.45, 2.75) is 6.61 Å². The summed E-state index contributed by atoms with van der Waals surface area (Å²) in [5.74, 6) is 0.153. The zero-order valence-corrected chi connectivity index (χ0v) is 7.91. The van der Waals surface area contributed by atoms with Crippen LogP contribution in [0.25, 0.3) is 0 Å². The third-order valence-corrected chi connectivity index (χ3v) is 1.16. The van der Waals surface area contributed by atoms with Gasteiger partial charge in [0, 0.05) is 5.56 Å². The number of phenols is 1. The van der Waals surface area contributed by atoms with Gasteiger partial charge in [-0.1, -0.05) is 18.2 Å². The van der Waals surface area contributed by atoms with E-state index in [4.69, 9.17) is 10.2 Å². The zero-order valence-electron chi connectivity index (χ0n) is 6.91. The van der Waals surface area contributed by atoms with E-state index in [0.29, 0.717) is 5.56 Å². The Kier molecular flexibility index (Phi) is 4.73. The summed E-state index contributed by atoms with van der Waals surface area (Å²) in [6.07, 6.45) is 0. The predicted octanol–water partition coefficient (Wildman–Crippen LogP) is -2.00. The quantitative estimate of drug-likeness (QED) is 0.452. The molecular weight excluding hydrogens is 139 g/mol. The van der Waals surface area contributed by atoms with Gasteiger partial charge in [-0.3, -0.25) is 0 Å². The van der Waals surface area contributed by atoms with Gasteiger partial charge in [0.05, 0.1) is 6.61 Å². The fourth-order valence-corrected chi connectivity index (χ4v) is 0.645. The number of para-hydroxylation sites is 1. The van der Waals surface area contributed by atoms with Crippen molar-refractivity contribution in [1.29, 1.82) is 0 Å². The van der Waals surface area contributed by atoms with Gasteiger partial charge in [-0.05, 0) is 6.07 Å². The van der Waals surface area contributed by atoms with E-state index in [1.165, 1.54) is 0 Å². The fraction of sp³-hybridized carbons (Fsp3) is 0.143. The van der Waals surface area contributed by atoms with E-state index in [0.717, 1.165) is 0 Å². The second kappa shape index (κ2) is 4.74. The van der Waals surface area contributed by atoms with Crippen LogP contribution in [0.3, 0.4) is 0 Å². The van der Waals surface area contributed by atoms with Gasteiger partial charge >= 0.3 is 29.6 Å². The van der Waals surface area contributed by atoms with Crippen LogP contribution in [-0.4, -0.2) is 10.2 Å². The third kappa shape index (κ3) is 2.31. The van der Waals surface area contributed by atoms with E-state index in [-0.39, 0.29) is 43.3 Å². The van der Waals surface area contributed by atoms with Crippen LogP contribution >= 0.6 is 0 Å². The number of rotatable bonds is 1. The maximum atomic E-state index is 8.95. The van der Waals surface area contributed by atoms with Gasteiger partial charge in [-0.2, -0.15) is 0 Å². The molecule has 0 unspecified atom stereocenters. The molecule has 2 nitrogen and oxygen atoms in total. The van der Waals surface area contributed by atoms with Crippen LogP contribution in [0.2, 0.25) is 0 Å². The molecule has 0 atom stereocenters. The summed E-state index contributed by atoms with van der Waals surface area (Å²) in [5.41, 5.74) is 0.567. The molecule has 50 valence electrons. The molecule has 0 spiro atoms. The first-order valence-corrected chi connectivity index (χ1v) is 2.72. The second-order valence-electron chi connectivity index (χ2n) is 1.79. The van der Waals surface area contributed by atoms with Crippen molar-refractivity contribution < 1.29 is 41.2 Å². The molecule has 0 aliphatic heterocycles. The van der Waals surface area contributed by atoms with Crippen molar-refractivity contribution in [1.82, 2.24) is 0 Å². The average molecular weight is 148 g/mol. The Labute approximate surface area is 83.3 Å². The van der Waals surface area contributed by atoms with Gasteiger partial charge < -0.3 is 11.6 Å². The van der Waals surface area contributed by atoms with Crippen LogP contribution in [0, 0.1) is 0 Å². The Morgan fingerprint density at radius 3 is 2.30 bits per heavy atom. The summed E-state index contributed by atoms with van der Waals surface area (Å²) in [5, 5.41) is 17.5. The monoisotopic (exact) mass is 148 g/mol. The molecule has 0 aliphatic rings. The third-order valence-electron chi connectivity index (χ3n) is 1.16. The molecule has 0 aliphatic carbocycles. The van der Waals surface area contributed by atoms with Gasteiger partial charge in [-0.15, -0.1) is 0 Å². The van der Waals surface area contributed by atoms with Crippen molar-refractivity contribution in [2.75, 3.05) is 0 Å². The van der Waals surface area contributed by atoms with Crippen LogP contribution in [0.1, 0.15) is 6.99 Å². The summed E-state index contributed by atoms with van der Waals surface area (Å²) in [6.45, 7) is -0.104. The molecule has 0 aromatic heterocycles. The van der Waals surface area contributed by atoms with Crippen molar-refractivity contribution in [3.05, 3.63) is 29.8 Å². The number of hydrogen-bond acceptors (Lipinski definition) is 2. The average Bonchev–Trinajstić information content (AvgIpc) is 1.89. The Bertz CT molecular complexity index is 205. The molecule has 0 bridgehead atoms. The minimum Gasteiger partial charge on any atom is -1.00 e. The number of hydrogen-bond donors (Lipinski definition) is 2. The largest absolute Gasteiger partial charge is 1.00 e. The number of aliphatic hydroxyl groups excluding tert-OH is 1. The first kappa shape index (κ1) is 9.98. The minimum atomic E-state index is -0.104. The first-order valence-electron chi connectivity index (χ1n) is 2.72. The van der Waals surface area contributed by atoms with Crippen molar-refractivity contribution in [3.8, 4) is 5.75 Å². The molecule has 10 heavy (non-hydrogen) atoms. The topological polar surface area (TPSA) is 40.5 Å². The Morgan fingerprint density at radius 1 is 1.30 bits per heavy atom. The van der Waals surface area contributed by atoms with Crippen LogP contribution < -0.4 is 29.6 Å². The minimum absolute atomic E-state index is 0. The van der Waals surface area contributed by atoms with E-state index in [1.807, 2.05) is 0 Å². The number of benzene rings is 1. The second-order valence-corrected chi connectivity index (χ2v) is 1.79. The fourth-order valence-electron chi connectivity index (χ4n) is 0.645. The summed E-state index contributed by atoms with van der Waals surface area (Å²) < 4.78 is 0. The van der Waals surface area contributed by atoms with Crippen molar-refractivity contribution in [2.24, 2.45) is 0 Å². The molecule has 2 N–H and O–H groups in total. The maximum absolute atomic E-state index is 8.95. The molecule has 1 rings (SSSR count). The summed E-state index contributed by atoms with van der Waals surface area (Å²) in [4.78, 5) is 0. The molecule has 3 heteroatoms. The van der Waals surface area contributed by atoms with E-state index >= 15 is 0 Å². The van der Waals surface area contributed by atoms with E-state index in [1.54, 1.807) is 24.3 Å². The Hall–Kier alpha value is -0.0200. The van der Waals surface area contributed by atoms with Crippen molar-refractivity contribution in [3.63, 3.8) is 0 Å². The Balaban J connectivity index is 0. The maximum Gasteiger partial charge on any atom is 1.00 e. The summed E-state index contributed by atoms with van der Waals surface area (Å²) >= 11 is 0. The van der Waals surface area contributed by atoms with Gasteiger partial charge in [-0.25, -0.2) is 0 Å². The van der Waals surface area contributed by atoms with Crippen LogP contribution in [0.15, 0.2) is 24.3 Å². The van der Waals surface area contributed by atoms with E-state index in [2.05, 4.69) is 0 Å². The van der Waals surface area contributed by atoms with E-state index < -0.39 is 0 Å². The molecule has 0 saturated heterocycles. The number of aliphatic hydroxyl groups is 1. The van der Waals surface area contributed by atoms with Gasteiger partial charge in [0.25, 0.3) is 0 Å². The molecule has 0 heterocycles. The molecule has 0 amide bonds. The summed E-state index contributed by atoms with van der Waals surface area (Å²) in [7, 11) is 0. The Morgan fingerprint density at radius 2 is 1.90 bits per heavy atom. The zero-order chi connectivity index (χ0) is 6.69. The standard InChI is InChI=1S/C7H8O2.Na.H/c8-5-6-3-1-2-4-7(6)9;;/h1-4,8-9H,5H2;;/q;+1;-1. The molecule has 0 fully saturated rings. The van der Waals surface area contributed by atoms with Gasteiger partial charge in [0.2, 0.25) is 0 Å². The first-order chi connectivity index (χ1) is 4.34. The summed E-state index contributed by atoms with van der Waals surface area (Å²) in [6, 6.07) is 6.71. The van der Waals surface area contributed by atoms with Crippen LogP contribution in [0.5, 0.6) is 5.75 Å². The van der Waals surface area contributed by atoms with E-state index in [9.17, 15) is 0 Å². The van der Waals surface area contributed by atoms with Crippen LogP contribution in [-0.2, 0) is 6.61 Å². The number of aromatic hydroxyl groups is 1. The van der Waals surface area contributed by atoms with Crippen LogP contribution in [0.4, 0.5) is 0 Å². The normalized spacial score (nSPS) is 8.50.